The van der Waals surface area contributed by atoms with Gasteiger partial charge in [0.05, 0.1) is 48.7 Å². The highest BCUT2D eigenvalue weighted by Crippen LogP contribution is 2.34. The van der Waals surface area contributed by atoms with Gasteiger partial charge in [-0.15, -0.1) is 24.8 Å². The summed E-state index contributed by atoms with van der Waals surface area (Å²) in [6.45, 7) is 6.79. The summed E-state index contributed by atoms with van der Waals surface area (Å²) in [6, 6.07) is 42.3. The van der Waals surface area contributed by atoms with Gasteiger partial charge in [0.25, 0.3) is 10.1 Å². The van der Waals surface area contributed by atoms with Crippen LogP contribution < -0.4 is 9.80 Å². The Hall–Kier alpha value is -5.96. The number of hydrogen-bond acceptors (Lipinski definition) is 16. The van der Waals surface area contributed by atoms with Gasteiger partial charge in [-0.1, -0.05) is 64.1 Å². The molecule has 6 aromatic carbocycles. The Balaban J connectivity index is 0.871. The normalized spacial score (nSPS) is 12.0. The fraction of sp³-hybridized carbons (Fsp3) is 0.156. The maximum atomic E-state index is 11.6. The van der Waals surface area contributed by atoms with Crippen LogP contribution in [-0.2, 0) is 39.0 Å². The predicted octanol–water partition coefficient (Wildman–Crippen LogP) is 13.1. The SMILES string of the molecule is CCN(Cc1cccc(SOOO)c1)c1ccc(N=Nc2nc3ccc(Cc4ccc5nc(N=Nc6ccc(N(CC)Cc7cccc(S(=O)(=O)O)c7)cc6)sc5c4)cc3s2)cc1. The van der Waals surface area contributed by atoms with Gasteiger partial charge < -0.3 is 9.80 Å². The molecule has 320 valence electrons. The van der Waals surface area contributed by atoms with Crippen molar-refractivity contribution in [2.75, 3.05) is 22.9 Å². The first-order chi connectivity index (χ1) is 30.6. The van der Waals surface area contributed by atoms with E-state index in [-0.39, 0.29) is 4.90 Å². The van der Waals surface area contributed by atoms with E-state index in [4.69, 9.17) is 10.2 Å². The Kier molecular flexibility index (Phi) is 13.9. The molecule has 0 spiro atoms. The minimum Gasteiger partial charge on any atom is -0.367 e. The van der Waals surface area contributed by atoms with E-state index < -0.39 is 10.1 Å². The van der Waals surface area contributed by atoms with Crippen LogP contribution in [0.1, 0.15) is 36.1 Å². The molecule has 0 amide bonds. The van der Waals surface area contributed by atoms with E-state index >= 15 is 0 Å². The molecule has 0 saturated heterocycles. The summed E-state index contributed by atoms with van der Waals surface area (Å²) in [7, 11) is -4.27. The fourth-order valence-corrected chi connectivity index (χ4v) is 9.58. The third-order valence-electron chi connectivity index (χ3n) is 9.99. The van der Waals surface area contributed by atoms with E-state index in [2.05, 4.69) is 75.8 Å². The van der Waals surface area contributed by atoms with Gasteiger partial charge in [0.2, 0.25) is 10.3 Å². The number of nitrogens with zero attached hydrogens (tertiary/aromatic N) is 8. The van der Waals surface area contributed by atoms with Gasteiger partial charge in [-0.25, -0.2) is 15.2 Å². The Bertz CT molecular complexity index is 3010. The lowest BCUT2D eigenvalue weighted by molar-refractivity contribution is -0.432. The predicted molar refractivity (Wildman–Crippen MR) is 250 cm³/mol. The quantitative estimate of drug-likeness (QED) is 0.0275. The number of benzene rings is 6. The maximum absolute atomic E-state index is 11.6. The molecule has 0 aliphatic carbocycles. The Morgan fingerprint density at radius 1 is 0.619 bits per heavy atom. The zero-order valence-electron chi connectivity index (χ0n) is 34.0. The molecule has 0 saturated carbocycles. The lowest BCUT2D eigenvalue weighted by atomic mass is 10.0. The molecule has 2 heterocycles. The van der Waals surface area contributed by atoms with Gasteiger partial charge in [0.15, 0.2) is 0 Å². The molecule has 0 unspecified atom stereocenters. The third-order valence-corrected chi connectivity index (χ3v) is 13.2. The fourth-order valence-electron chi connectivity index (χ4n) is 6.88. The van der Waals surface area contributed by atoms with E-state index in [0.717, 1.165) is 89.7 Å². The highest BCUT2D eigenvalue weighted by molar-refractivity contribution is 7.94. The molecular formula is C45H40N8O6S4. The second-order valence-electron chi connectivity index (χ2n) is 14.2. The number of thiazole rings is 2. The first kappa shape index (κ1) is 43.7. The van der Waals surface area contributed by atoms with Crippen LogP contribution in [0.15, 0.2) is 164 Å². The summed E-state index contributed by atoms with van der Waals surface area (Å²) < 4.78 is 39.3. The molecule has 0 aliphatic rings. The molecular weight excluding hydrogens is 877 g/mol. The van der Waals surface area contributed by atoms with E-state index in [0.29, 0.717) is 35.6 Å². The molecule has 0 bridgehead atoms. The van der Waals surface area contributed by atoms with E-state index in [1.54, 1.807) is 6.07 Å². The number of fused-ring (bicyclic) bond motifs is 2. The molecule has 8 rings (SSSR count). The number of anilines is 2. The Morgan fingerprint density at radius 3 is 1.62 bits per heavy atom. The van der Waals surface area contributed by atoms with E-state index in [9.17, 15) is 13.0 Å². The summed E-state index contributed by atoms with van der Waals surface area (Å²) >= 11 is 3.93. The summed E-state index contributed by atoms with van der Waals surface area (Å²) in [5.74, 6) is 0. The second-order valence-corrected chi connectivity index (χ2v) is 18.4. The van der Waals surface area contributed by atoms with Crippen molar-refractivity contribution in [1.29, 1.82) is 0 Å². The summed E-state index contributed by atoms with van der Waals surface area (Å²) in [6.07, 6.45) is 0.737. The van der Waals surface area contributed by atoms with Crippen LogP contribution in [0, 0.1) is 0 Å². The lowest BCUT2D eigenvalue weighted by Gasteiger charge is -2.23. The zero-order chi connectivity index (χ0) is 43.8. The van der Waals surface area contributed by atoms with Crippen LogP contribution in [0.2, 0.25) is 0 Å². The summed E-state index contributed by atoms with van der Waals surface area (Å²) in [5.41, 5.74) is 9.31. The first-order valence-corrected chi connectivity index (χ1v) is 23.6. The number of hydrogen-bond donors (Lipinski definition) is 2. The molecule has 2 aromatic heterocycles. The van der Waals surface area contributed by atoms with Crippen molar-refractivity contribution in [3.63, 3.8) is 0 Å². The number of aromatic nitrogens is 2. The van der Waals surface area contributed by atoms with Gasteiger partial charge in [-0.3, -0.25) is 4.55 Å². The Morgan fingerprint density at radius 2 is 1.13 bits per heavy atom. The van der Waals surface area contributed by atoms with Crippen LogP contribution >= 0.6 is 34.7 Å². The molecule has 14 nitrogen and oxygen atoms in total. The van der Waals surface area contributed by atoms with Crippen molar-refractivity contribution < 1.29 is 27.6 Å². The van der Waals surface area contributed by atoms with Gasteiger partial charge in [-0.05, 0) is 140 Å². The summed E-state index contributed by atoms with van der Waals surface area (Å²) in [4.78, 5) is 14.4. The second kappa shape index (κ2) is 20.0. The third kappa shape index (κ3) is 11.4. The van der Waals surface area contributed by atoms with E-state index in [1.807, 2.05) is 97.9 Å². The first-order valence-electron chi connectivity index (χ1n) is 19.7. The molecule has 18 heteroatoms. The molecule has 0 aliphatic heterocycles. The van der Waals surface area contributed by atoms with E-state index in [1.165, 1.54) is 34.8 Å². The van der Waals surface area contributed by atoms with Crippen molar-refractivity contribution in [1.82, 2.24) is 9.97 Å². The smallest absolute Gasteiger partial charge is 0.294 e. The average molecular weight is 917 g/mol. The maximum Gasteiger partial charge on any atom is 0.294 e. The number of azo groups is 2. The highest BCUT2D eigenvalue weighted by Gasteiger charge is 2.13. The largest absolute Gasteiger partial charge is 0.367 e. The topological polar surface area (TPSA) is 175 Å². The van der Waals surface area contributed by atoms with Crippen molar-refractivity contribution in [2.45, 2.75) is 43.1 Å². The molecule has 2 N–H and O–H groups in total. The highest BCUT2D eigenvalue weighted by atomic mass is 32.2. The van der Waals surface area contributed by atoms with Crippen molar-refractivity contribution >= 4 is 98.3 Å². The Labute approximate surface area is 376 Å². The standard InChI is InChI=1S/C45H40N8O6S4/c1-3-52(28-32-7-5-9-38(24-32)62-59-58-54)36-17-13-34(14-18-36)48-50-44-46-40-21-11-30(26-42(40)60-44)23-31-12-22-41-43(27-31)61-45(47-41)51-49-35-15-19-37(20-16-35)53(4-2)29-33-8-6-10-39(25-33)63(55,56)57/h5-22,24-27,54H,3-4,23,28-29H2,1-2H3,(H,55,56,57). The van der Waals surface area contributed by atoms with Crippen molar-refractivity contribution in [3.8, 4) is 0 Å². The van der Waals surface area contributed by atoms with Crippen LogP contribution in [0.3, 0.4) is 0 Å². The van der Waals surface area contributed by atoms with Gasteiger partial charge in [-0.2, -0.15) is 8.42 Å². The average Bonchev–Trinajstić information content (AvgIpc) is 3.91. The molecule has 8 aromatic rings. The van der Waals surface area contributed by atoms with Gasteiger partial charge >= 0.3 is 0 Å². The minimum atomic E-state index is -4.27. The van der Waals surface area contributed by atoms with Crippen LogP contribution in [0.5, 0.6) is 0 Å². The molecule has 63 heavy (non-hydrogen) atoms. The molecule has 0 atom stereocenters. The monoisotopic (exact) mass is 916 g/mol. The van der Waals surface area contributed by atoms with Gasteiger partial charge in [0.1, 0.15) is 0 Å². The molecule has 0 radical (unpaired) electrons. The van der Waals surface area contributed by atoms with Crippen LogP contribution in [0.25, 0.3) is 20.4 Å². The summed E-state index contributed by atoms with van der Waals surface area (Å²) in [5, 5.41) is 31.1. The van der Waals surface area contributed by atoms with Crippen molar-refractivity contribution in [2.24, 2.45) is 20.5 Å². The minimum absolute atomic E-state index is 0.123. The number of rotatable bonds is 18. The molecule has 0 fully saturated rings. The zero-order valence-corrected chi connectivity index (χ0v) is 37.2. The van der Waals surface area contributed by atoms with Crippen LogP contribution in [-0.4, -0.2) is 41.3 Å². The van der Waals surface area contributed by atoms with Crippen LogP contribution in [0.4, 0.5) is 33.0 Å². The van der Waals surface area contributed by atoms with Gasteiger partial charge in [0, 0.05) is 42.4 Å². The lowest BCUT2D eigenvalue weighted by Crippen LogP contribution is -2.22. The van der Waals surface area contributed by atoms with Crippen molar-refractivity contribution in [3.05, 3.63) is 156 Å².